The largest absolute Gasteiger partial charge is 0.462 e. The maximum absolute atomic E-state index is 10.3. The molecule has 0 amide bonds. The van der Waals surface area contributed by atoms with Gasteiger partial charge in [-0.3, -0.25) is 4.79 Å². The molecule has 68 valence electrons. The molecular weight excluding hydrogens is 152 g/mol. The maximum Gasteiger partial charge on any atom is 0.302 e. The molecule has 2 heteroatoms. The van der Waals surface area contributed by atoms with Gasteiger partial charge in [0.05, 0.1) is 0 Å². The van der Waals surface area contributed by atoms with Crippen molar-refractivity contribution in [3.8, 4) is 0 Å². The van der Waals surface area contributed by atoms with Crippen LogP contribution in [0.1, 0.15) is 26.7 Å². The van der Waals surface area contributed by atoms with Crippen LogP contribution in [0, 0.1) is 0 Å². The van der Waals surface area contributed by atoms with Crippen molar-refractivity contribution < 1.29 is 9.53 Å². The number of unbranched alkanes of at least 4 members (excludes halogenated alkanes) is 1. The maximum atomic E-state index is 10.3. The fourth-order valence-corrected chi connectivity index (χ4v) is 0.641. The molecule has 0 unspecified atom stereocenters. The third-order valence-electron chi connectivity index (χ3n) is 1.22. The smallest absolute Gasteiger partial charge is 0.302 e. The highest BCUT2D eigenvalue weighted by atomic mass is 16.5. The van der Waals surface area contributed by atoms with Crippen molar-refractivity contribution in [1.82, 2.24) is 0 Å². The van der Waals surface area contributed by atoms with Gasteiger partial charge in [-0.2, -0.15) is 0 Å². The highest BCUT2D eigenvalue weighted by Crippen LogP contribution is 1.88. The van der Waals surface area contributed by atoms with Gasteiger partial charge in [0.25, 0.3) is 0 Å². The Kier molecular flexibility index (Phi) is 7.35. The normalized spacial score (nSPS) is 11.2. The van der Waals surface area contributed by atoms with Crippen LogP contribution in [0.25, 0.3) is 0 Å². The summed E-state index contributed by atoms with van der Waals surface area (Å²) in [6.07, 6.45) is 10.0. The lowest BCUT2D eigenvalue weighted by Crippen LogP contribution is -1.96. The molecule has 0 atom stereocenters. The van der Waals surface area contributed by atoms with E-state index >= 15 is 0 Å². The number of hydrogen-bond donors (Lipinski definition) is 0. The first-order chi connectivity index (χ1) is 5.77. The Morgan fingerprint density at radius 1 is 1.33 bits per heavy atom. The van der Waals surface area contributed by atoms with E-state index in [2.05, 4.69) is 17.7 Å². The van der Waals surface area contributed by atoms with Crippen LogP contribution in [0.4, 0.5) is 0 Å². The summed E-state index contributed by atoms with van der Waals surface area (Å²) < 4.78 is 4.69. The minimum atomic E-state index is -0.239. The van der Waals surface area contributed by atoms with Crippen molar-refractivity contribution in [3.05, 3.63) is 24.3 Å². The summed E-state index contributed by atoms with van der Waals surface area (Å²) in [7, 11) is 0. The number of esters is 1. The van der Waals surface area contributed by atoms with Gasteiger partial charge in [-0.1, -0.05) is 31.6 Å². The van der Waals surface area contributed by atoms with Crippen molar-refractivity contribution >= 4 is 5.97 Å². The van der Waals surface area contributed by atoms with E-state index in [1.807, 2.05) is 18.2 Å². The Balaban J connectivity index is 3.30. The lowest BCUT2D eigenvalue weighted by atomic mass is 10.3. The van der Waals surface area contributed by atoms with Crippen molar-refractivity contribution in [3.63, 3.8) is 0 Å². The quantitative estimate of drug-likeness (QED) is 0.465. The van der Waals surface area contributed by atoms with Crippen molar-refractivity contribution in [2.45, 2.75) is 26.7 Å². The molecule has 2 nitrogen and oxygen atoms in total. The van der Waals surface area contributed by atoms with Gasteiger partial charge in [-0.05, 0) is 12.5 Å². The summed E-state index contributed by atoms with van der Waals surface area (Å²) in [6.45, 7) is 3.90. The van der Waals surface area contributed by atoms with Gasteiger partial charge in [-0.25, -0.2) is 0 Å². The SMILES string of the molecule is CCC/C=C/C=C/COC(C)=O. The number of allylic oxidation sites excluding steroid dienone is 3. The molecule has 0 bridgehead atoms. The zero-order chi connectivity index (χ0) is 9.23. The Hall–Kier alpha value is -1.05. The van der Waals surface area contributed by atoms with E-state index < -0.39 is 0 Å². The molecule has 0 N–H and O–H groups in total. The first-order valence-electron chi connectivity index (χ1n) is 4.22. The first kappa shape index (κ1) is 11.0. The van der Waals surface area contributed by atoms with Gasteiger partial charge in [0.1, 0.15) is 6.61 Å². The van der Waals surface area contributed by atoms with E-state index in [4.69, 9.17) is 0 Å². The molecule has 0 radical (unpaired) electrons. The minimum absolute atomic E-state index is 0.239. The van der Waals surface area contributed by atoms with E-state index in [1.54, 1.807) is 0 Å². The summed E-state index contributed by atoms with van der Waals surface area (Å²) in [5, 5.41) is 0. The van der Waals surface area contributed by atoms with Gasteiger partial charge < -0.3 is 4.74 Å². The highest BCUT2D eigenvalue weighted by molar-refractivity contribution is 5.65. The zero-order valence-electron chi connectivity index (χ0n) is 7.75. The van der Waals surface area contributed by atoms with Crippen molar-refractivity contribution in [2.24, 2.45) is 0 Å². The lowest BCUT2D eigenvalue weighted by Gasteiger charge is -1.92. The van der Waals surface area contributed by atoms with Crippen LogP contribution >= 0.6 is 0 Å². The summed E-state index contributed by atoms with van der Waals surface area (Å²) in [5.41, 5.74) is 0. The van der Waals surface area contributed by atoms with Gasteiger partial charge in [0.2, 0.25) is 0 Å². The minimum Gasteiger partial charge on any atom is -0.462 e. The molecule has 0 aliphatic heterocycles. The molecule has 0 saturated carbocycles. The predicted molar refractivity (Wildman–Crippen MR) is 49.8 cm³/mol. The average molecular weight is 168 g/mol. The highest BCUT2D eigenvalue weighted by Gasteiger charge is 1.84. The Bertz CT molecular complexity index is 169. The van der Waals surface area contributed by atoms with Crippen LogP contribution in [-0.2, 0) is 9.53 Å². The average Bonchev–Trinajstić information content (AvgIpc) is 2.02. The molecule has 0 aromatic rings. The lowest BCUT2D eigenvalue weighted by molar-refractivity contribution is -0.139. The van der Waals surface area contributed by atoms with E-state index in [0.717, 1.165) is 12.8 Å². The van der Waals surface area contributed by atoms with Gasteiger partial charge in [0, 0.05) is 6.92 Å². The van der Waals surface area contributed by atoms with Gasteiger partial charge >= 0.3 is 5.97 Å². The number of carbonyl (C=O) groups excluding carboxylic acids is 1. The molecular formula is C10H16O2. The van der Waals surface area contributed by atoms with Crippen molar-refractivity contribution in [1.29, 1.82) is 0 Å². The second-order valence-electron chi connectivity index (χ2n) is 2.45. The predicted octanol–water partition coefficient (Wildman–Crippen LogP) is 2.46. The number of carbonyl (C=O) groups is 1. The topological polar surface area (TPSA) is 26.3 Å². The summed E-state index contributed by atoms with van der Waals surface area (Å²) >= 11 is 0. The molecule has 0 heterocycles. The molecule has 0 aliphatic rings. The molecule has 0 rings (SSSR count). The first-order valence-corrected chi connectivity index (χ1v) is 4.22. The molecule has 0 fully saturated rings. The second kappa shape index (κ2) is 8.05. The number of hydrogen-bond acceptors (Lipinski definition) is 2. The van der Waals surface area contributed by atoms with E-state index in [-0.39, 0.29) is 5.97 Å². The Morgan fingerprint density at radius 2 is 2.00 bits per heavy atom. The van der Waals surface area contributed by atoms with E-state index in [1.165, 1.54) is 6.92 Å². The fraction of sp³-hybridized carbons (Fsp3) is 0.500. The third kappa shape index (κ3) is 8.95. The molecule has 0 aromatic heterocycles. The second-order valence-corrected chi connectivity index (χ2v) is 2.45. The molecule has 0 saturated heterocycles. The van der Waals surface area contributed by atoms with Crippen LogP contribution in [0.15, 0.2) is 24.3 Å². The zero-order valence-corrected chi connectivity index (χ0v) is 7.75. The summed E-state index contributed by atoms with van der Waals surface area (Å²) in [4.78, 5) is 10.3. The van der Waals surface area contributed by atoms with Gasteiger partial charge in [0.15, 0.2) is 0 Å². The molecule has 12 heavy (non-hydrogen) atoms. The molecule has 0 spiro atoms. The molecule has 0 aromatic carbocycles. The van der Waals surface area contributed by atoms with Crippen LogP contribution in [0.2, 0.25) is 0 Å². The standard InChI is InChI=1S/C10H16O2/c1-3-4-5-6-7-8-9-12-10(2)11/h5-8H,3-4,9H2,1-2H3/b6-5+,8-7+. The fourth-order valence-electron chi connectivity index (χ4n) is 0.641. The monoisotopic (exact) mass is 168 g/mol. The van der Waals surface area contributed by atoms with E-state index in [0.29, 0.717) is 6.61 Å². The van der Waals surface area contributed by atoms with Crippen molar-refractivity contribution in [2.75, 3.05) is 6.61 Å². The number of rotatable bonds is 5. The van der Waals surface area contributed by atoms with Crippen LogP contribution in [0.3, 0.4) is 0 Å². The van der Waals surface area contributed by atoms with Gasteiger partial charge in [-0.15, -0.1) is 0 Å². The van der Waals surface area contributed by atoms with E-state index in [9.17, 15) is 4.79 Å². The van der Waals surface area contributed by atoms with Crippen LogP contribution in [-0.4, -0.2) is 12.6 Å². The van der Waals surface area contributed by atoms with Crippen LogP contribution in [0.5, 0.6) is 0 Å². The Morgan fingerprint density at radius 3 is 2.58 bits per heavy atom. The number of ether oxygens (including phenoxy) is 1. The Labute approximate surface area is 73.9 Å². The summed E-state index contributed by atoms with van der Waals surface area (Å²) in [5.74, 6) is -0.239. The molecule has 0 aliphatic carbocycles. The van der Waals surface area contributed by atoms with Crippen LogP contribution < -0.4 is 0 Å². The summed E-state index contributed by atoms with van der Waals surface area (Å²) in [6, 6.07) is 0. The third-order valence-corrected chi connectivity index (χ3v) is 1.22.